The number of hydrogen-bond acceptors (Lipinski definition) is 6. The van der Waals surface area contributed by atoms with Gasteiger partial charge in [0.05, 0.1) is 19.8 Å². The normalized spacial score (nSPS) is 9.62. The maximum absolute atomic E-state index is 11.2. The zero-order valence-electron chi connectivity index (χ0n) is 8.85. The van der Waals surface area contributed by atoms with E-state index in [9.17, 15) is 4.79 Å². The lowest BCUT2D eigenvalue weighted by Crippen LogP contribution is -2.07. The fraction of sp³-hybridized carbons (Fsp3) is 0.300. The van der Waals surface area contributed by atoms with Crippen molar-refractivity contribution in [3.05, 3.63) is 23.2 Å². The zero-order valence-corrected chi connectivity index (χ0v) is 8.85. The molecule has 0 amide bonds. The number of carbonyl (C=O) groups excluding carboxylic acids is 1. The lowest BCUT2D eigenvalue weighted by Gasteiger charge is -2.02. The van der Waals surface area contributed by atoms with Crippen LogP contribution in [0.1, 0.15) is 6.42 Å². The lowest BCUT2D eigenvalue weighted by atomic mass is 10.1. The minimum atomic E-state index is -0.793. The summed E-state index contributed by atoms with van der Waals surface area (Å²) in [6.07, 6.45) is 1.03. The van der Waals surface area contributed by atoms with Gasteiger partial charge in [0.15, 0.2) is 0 Å². The summed E-state index contributed by atoms with van der Waals surface area (Å²) in [7, 11) is 2.37. The van der Waals surface area contributed by atoms with Gasteiger partial charge in [0.2, 0.25) is 0 Å². The summed E-state index contributed by atoms with van der Waals surface area (Å²) >= 11 is 0. The van der Waals surface area contributed by atoms with Gasteiger partial charge in [0.25, 0.3) is 5.95 Å². The maximum atomic E-state index is 11.2. The Morgan fingerprint density at radius 3 is 2.25 bits per heavy atom. The molecule has 0 rings (SSSR count). The highest BCUT2D eigenvalue weighted by Crippen LogP contribution is 2.12. The first-order valence-electron chi connectivity index (χ1n) is 4.15. The van der Waals surface area contributed by atoms with Gasteiger partial charge in [0.1, 0.15) is 17.7 Å². The van der Waals surface area contributed by atoms with Crippen molar-refractivity contribution >= 4 is 5.97 Å². The number of aliphatic hydroxyl groups is 1. The molecule has 0 aliphatic heterocycles. The Bertz CT molecular complexity index is 394. The van der Waals surface area contributed by atoms with Gasteiger partial charge in [0, 0.05) is 12.5 Å². The highest BCUT2D eigenvalue weighted by Gasteiger charge is 2.15. The molecular formula is C10H10N2O4. The molecule has 0 bridgehead atoms. The zero-order chi connectivity index (χ0) is 12.6. The number of carbonyl (C=O) groups is 1. The van der Waals surface area contributed by atoms with E-state index in [1.165, 1.54) is 7.11 Å². The van der Waals surface area contributed by atoms with Crippen molar-refractivity contribution in [2.45, 2.75) is 6.42 Å². The van der Waals surface area contributed by atoms with Crippen LogP contribution in [0, 0.1) is 22.7 Å². The molecule has 0 heterocycles. The number of nitriles is 2. The fourth-order valence-corrected chi connectivity index (χ4v) is 0.843. The summed E-state index contributed by atoms with van der Waals surface area (Å²) < 4.78 is 8.85. The van der Waals surface area contributed by atoms with Crippen molar-refractivity contribution in [1.82, 2.24) is 0 Å². The molecule has 16 heavy (non-hydrogen) atoms. The van der Waals surface area contributed by atoms with Crippen molar-refractivity contribution in [2.24, 2.45) is 0 Å². The molecular weight excluding hydrogens is 212 g/mol. The quantitative estimate of drug-likeness (QED) is 0.328. The molecule has 0 aromatic carbocycles. The second-order valence-corrected chi connectivity index (χ2v) is 2.52. The fourth-order valence-electron chi connectivity index (χ4n) is 0.843. The average Bonchev–Trinajstić information content (AvgIpc) is 2.32. The molecule has 0 aliphatic carbocycles. The summed E-state index contributed by atoms with van der Waals surface area (Å²) in [6.45, 7) is 0. The van der Waals surface area contributed by atoms with Gasteiger partial charge in [-0.1, -0.05) is 0 Å². The maximum Gasteiger partial charge on any atom is 0.336 e. The van der Waals surface area contributed by atoms with Crippen LogP contribution in [0.2, 0.25) is 0 Å². The first kappa shape index (κ1) is 13.5. The van der Waals surface area contributed by atoms with Crippen LogP contribution in [0.5, 0.6) is 0 Å². The summed E-state index contributed by atoms with van der Waals surface area (Å²) in [6, 6.07) is 3.15. The second kappa shape index (κ2) is 6.91. The van der Waals surface area contributed by atoms with Gasteiger partial charge in [-0.2, -0.15) is 10.5 Å². The van der Waals surface area contributed by atoms with Crippen molar-refractivity contribution in [1.29, 1.82) is 10.5 Å². The Kier molecular flexibility index (Phi) is 5.84. The number of methoxy groups -OCH3 is 2. The third-order valence-electron chi connectivity index (χ3n) is 1.65. The Balaban J connectivity index is 5.16. The Labute approximate surface area is 92.6 Å². The largest absolute Gasteiger partial charge is 0.481 e. The van der Waals surface area contributed by atoms with Crippen LogP contribution in [0.3, 0.4) is 0 Å². The molecule has 0 spiro atoms. The van der Waals surface area contributed by atoms with Gasteiger partial charge in [-0.05, 0) is 0 Å². The number of allylic oxidation sites excluding steroid dienone is 2. The van der Waals surface area contributed by atoms with Crippen molar-refractivity contribution < 1.29 is 19.4 Å². The molecule has 6 heteroatoms. The molecule has 0 unspecified atom stereocenters. The Morgan fingerprint density at radius 2 is 1.88 bits per heavy atom. The van der Waals surface area contributed by atoms with Crippen LogP contribution in [-0.4, -0.2) is 25.3 Å². The van der Waals surface area contributed by atoms with E-state index in [0.29, 0.717) is 0 Å². The van der Waals surface area contributed by atoms with Crippen LogP contribution >= 0.6 is 0 Å². The first-order valence-corrected chi connectivity index (χ1v) is 4.15. The number of esters is 1. The van der Waals surface area contributed by atoms with Crippen LogP contribution < -0.4 is 0 Å². The predicted molar refractivity (Wildman–Crippen MR) is 52.6 cm³/mol. The predicted octanol–water partition coefficient (Wildman–Crippen LogP) is 0.939. The van der Waals surface area contributed by atoms with Gasteiger partial charge in [-0.25, -0.2) is 4.79 Å². The Morgan fingerprint density at radius 1 is 1.31 bits per heavy atom. The third-order valence-corrected chi connectivity index (χ3v) is 1.65. The van der Waals surface area contributed by atoms with E-state index in [2.05, 4.69) is 9.47 Å². The van der Waals surface area contributed by atoms with E-state index in [0.717, 1.165) is 13.2 Å². The SMILES string of the molecule is COC(=O)C(CC=C(O)OC)=C(C#N)C#N. The third kappa shape index (κ3) is 3.72. The van der Waals surface area contributed by atoms with E-state index in [1.807, 2.05) is 0 Å². The summed E-state index contributed by atoms with van der Waals surface area (Å²) in [5.74, 6) is -1.20. The first-order chi connectivity index (χ1) is 7.60. The van der Waals surface area contributed by atoms with Crippen LogP contribution in [0.25, 0.3) is 0 Å². The van der Waals surface area contributed by atoms with Crippen LogP contribution in [0.15, 0.2) is 23.2 Å². The molecule has 0 aromatic heterocycles. The second-order valence-electron chi connectivity index (χ2n) is 2.52. The molecule has 0 saturated carbocycles. The molecule has 0 radical (unpaired) electrons. The van der Waals surface area contributed by atoms with Crippen molar-refractivity contribution in [3.8, 4) is 12.1 Å². The van der Waals surface area contributed by atoms with Crippen molar-refractivity contribution in [2.75, 3.05) is 14.2 Å². The number of ether oxygens (including phenoxy) is 2. The van der Waals surface area contributed by atoms with Gasteiger partial charge < -0.3 is 14.6 Å². The number of aliphatic hydroxyl groups excluding tert-OH is 1. The Hall–Kier alpha value is -2.47. The average molecular weight is 222 g/mol. The summed E-state index contributed by atoms with van der Waals surface area (Å²) in [5, 5.41) is 26.2. The van der Waals surface area contributed by atoms with Gasteiger partial charge in [-0.15, -0.1) is 0 Å². The minimum absolute atomic E-state index is 0.122. The number of rotatable bonds is 4. The molecule has 0 aliphatic rings. The topological polar surface area (TPSA) is 103 Å². The van der Waals surface area contributed by atoms with E-state index in [4.69, 9.17) is 15.6 Å². The van der Waals surface area contributed by atoms with Crippen molar-refractivity contribution in [3.63, 3.8) is 0 Å². The summed E-state index contributed by atoms with van der Waals surface area (Å²) in [4.78, 5) is 11.2. The van der Waals surface area contributed by atoms with Gasteiger partial charge >= 0.3 is 5.97 Å². The van der Waals surface area contributed by atoms with E-state index >= 15 is 0 Å². The molecule has 0 saturated heterocycles. The lowest BCUT2D eigenvalue weighted by molar-refractivity contribution is -0.136. The van der Waals surface area contributed by atoms with E-state index in [-0.39, 0.29) is 17.6 Å². The molecule has 6 nitrogen and oxygen atoms in total. The molecule has 0 atom stereocenters. The van der Waals surface area contributed by atoms with E-state index < -0.39 is 11.9 Å². The van der Waals surface area contributed by atoms with Crippen LogP contribution in [0.4, 0.5) is 0 Å². The monoisotopic (exact) mass is 222 g/mol. The van der Waals surface area contributed by atoms with Crippen LogP contribution in [-0.2, 0) is 14.3 Å². The molecule has 1 N–H and O–H groups in total. The smallest absolute Gasteiger partial charge is 0.336 e. The molecule has 0 aromatic rings. The standard InChI is InChI=1S/C10H10N2O4/c1-15-9(13)4-3-8(10(14)16-2)7(5-11)6-12/h4,13H,3H2,1-2H3. The molecule has 84 valence electrons. The minimum Gasteiger partial charge on any atom is -0.481 e. The number of nitrogens with zero attached hydrogens (tertiary/aromatic N) is 2. The highest BCUT2D eigenvalue weighted by molar-refractivity contribution is 5.91. The van der Waals surface area contributed by atoms with Gasteiger partial charge in [-0.3, -0.25) is 0 Å². The van der Waals surface area contributed by atoms with E-state index in [1.54, 1.807) is 12.1 Å². The number of hydrogen-bond donors (Lipinski definition) is 1. The molecule has 0 fully saturated rings. The highest BCUT2D eigenvalue weighted by atomic mass is 16.6. The summed E-state index contributed by atoms with van der Waals surface area (Å²) in [5.41, 5.74) is -0.483.